The average Bonchev–Trinajstić information content (AvgIpc) is 2.48. The maximum atomic E-state index is 13.9. The van der Waals surface area contributed by atoms with Crippen molar-refractivity contribution in [3.05, 3.63) is 69.5 Å². The molecule has 0 heterocycles. The maximum absolute atomic E-state index is 13.9. The summed E-state index contributed by atoms with van der Waals surface area (Å²) in [6, 6.07) is 10.0. The van der Waals surface area contributed by atoms with Gasteiger partial charge in [0.25, 0.3) is 0 Å². The van der Waals surface area contributed by atoms with E-state index in [0.29, 0.717) is 5.56 Å². The van der Waals surface area contributed by atoms with Crippen molar-refractivity contribution in [2.45, 2.75) is 26.7 Å². The molecule has 0 unspecified atom stereocenters. The second kappa shape index (κ2) is 6.19. The summed E-state index contributed by atoms with van der Waals surface area (Å²) in [5.74, 6) is -0.987. The molecule has 0 N–H and O–H groups in total. The van der Waals surface area contributed by atoms with Crippen molar-refractivity contribution in [3.63, 3.8) is 0 Å². The molecule has 0 aliphatic rings. The zero-order valence-corrected chi connectivity index (χ0v) is 12.3. The van der Waals surface area contributed by atoms with Crippen molar-refractivity contribution < 1.29 is 9.18 Å². The van der Waals surface area contributed by atoms with Gasteiger partial charge in [0.1, 0.15) is 0 Å². The van der Waals surface area contributed by atoms with Gasteiger partial charge in [-0.2, -0.15) is 0 Å². The van der Waals surface area contributed by atoms with E-state index in [9.17, 15) is 9.18 Å². The number of benzene rings is 2. The van der Waals surface area contributed by atoms with Gasteiger partial charge in [0.2, 0.25) is 0 Å². The van der Waals surface area contributed by atoms with Crippen molar-refractivity contribution in [1.82, 2.24) is 0 Å². The van der Waals surface area contributed by atoms with Crippen LogP contribution in [0.5, 0.6) is 0 Å². The van der Waals surface area contributed by atoms with Crippen LogP contribution < -0.4 is 0 Å². The normalized spacial score (nSPS) is 10.6. The number of hydrogen-bond donors (Lipinski definition) is 0. The quantitative estimate of drug-likeness (QED) is 0.737. The van der Waals surface area contributed by atoms with Crippen LogP contribution >= 0.6 is 11.6 Å². The number of carbonyl (C=O) groups excluding carboxylic acids is 1. The first-order valence-corrected chi connectivity index (χ1v) is 7.06. The molecule has 0 spiro atoms. The van der Waals surface area contributed by atoms with Gasteiger partial charge in [-0.05, 0) is 42.2 Å². The molecule has 0 fully saturated rings. The van der Waals surface area contributed by atoms with Crippen LogP contribution in [-0.4, -0.2) is 5.78 Å². The molecule has 0 bridgehead atoms. The van der Waals surface area contributed by atoms with E-state index in [1.165, 1.54) is 17.7 Å². The summed E-state index contributed by atoms with van der Waals surface area (Å²) in [5, 5.41) is -0.0308. The molecule has 0 saturated heterocycles. The maximum Gasteiger partial charge on any atom is 0.196 e. The average molecular weight is 291 g/mol. The number of hydrogen-bond acceptors (Lipinski definition) is 1. The molecule has 0 aliphatic carbocycles. The monoisotopic (exact) mass is 290 g/mol. The summed E-state index contributed by atoms with van der Waals surface area (Å²) < 4.78 is 13.9. The predicted octanol–water partition coefficient (Wildman–Crippen LogP) is 4.83. The Morgan fingerprint density at radius 2 is 1.80 bits per heavy atom. The van der Waals surface area contributed by atoms with E-state index >= 15 is 0 Å². The van der Waals surface area contributed by atoms with E-state index in [0.717, 1.165) is 18.4 Å². The Kier molecular flexibility index (Phi) is 4.56. The lowest BCUT2D eigenvalue weighted by molar-refractivity contribution is 0.103. The summed E-state index contributed by atoms with van der Waals surface area (Å²) in [5.41, 5.74) is 2.86. The second-order valence-corrected chi connectivity index (χ2v) is 5.03. The molecule has 0 amide bonds. The molecule has 2 aromatic rings. The fraction of sp³-hybridized carbons (Fsp3) is 0.235. The standard InChI is InChI=1S/C17H16ClFO/c1-3-11-8-9-13(10-12(11)4-2)17(20)14-6-5-7-15(18)16(14)19/h5-10H,3-4H2,1-2H3. The first kappa shape index (κ1) is 14.7. The Morgan fingerprint density at radius 1 is 1.10 bits per heavy atom. The van der Waals surface area contributed by atoms with Crippen LogP contribution in [0.15, 0.2) is 36.4 Å². The minimum Gasteiger partial charge on any atom is -0.288 e. The van der Waals surface area contributed by atoms with Crippen LogP contribution in [0, 0.1) is 5.82 Å². The SMILES string of the molecule is CCc1ccc(C(=O)c2cccc(Cl)c2F)cc1CC. The topological polar surface area (TPSA) is 17.1 Å². The van der Waals surface area contributed by atoms with Gasteiger partial charge in [-0.3, -0.25) is 4.79 Å². The smallest absolute Gasteiger partial charge is 0.196 e. The summed E-state index contributed by atoms with van der Waals surface area (Å²) in [6.07, 6.45) is 1.77. The first-order valence-electron chi connectivity index (χ1n) is 6.69. The van der Waals surface area contributed by atoms with Crippen LogP contribution in [0.25, 0.3) is 0 Å². The van der Waals surface area contributed by atoms with Crippen LogP contribution in [0.1, 0.15) is 40.9 Å². The number of ketones is 1. The van der Waals surface area contributed by atoms with Crippen LogP contribution in [0.3, 0.4) is 0 Å². The van der Waals surface area contributed by atoms with E-state index in [1.54, 1.807) is 12.1 Å². The van der Waals surface area contributed by atoms with Crippen LogP contribution in [-0.2, 0) is 12.8 Å². The van der Waals surface area contributed by atoms with Gasteiger partial charge >= 0.3 is 0 Å². The summed E-state index contributed by atoms with van der Waals surface area (Å²) in [4.78, 5) is 12.4. The van der Waals surface area contributed by atoms with Crippen molar-refractivity contribution in [2.75, 3.05) is 0 Å². The number of rotatable bonds is 4. The van der Waals surface area contributed by atoms with Gasteiger partial charge < -0.3 is 0 Å². The Labute approximate surface area is 123 Å². The summed E-state index contributed by atoms with van der Waals surface area (Å²) >= 11 is 5.72. The van der Waals surface area contributed by atoms with Gasteiger partial charge in [0.15, 0.2) is 11.6 Å². The Balaban J connectivity index is 2.46. The van der Waals surface area contributed by atoms with Crippen molar-refractivity contribution in [2.24, 2.45) is 0 Å². The molecule has 1 nitrogen and oxygen atoms in total. The number of carbonyl (C=O) groups is 1. The molecule has 0 aliphatic heterocycles. The fourth-order valence-corrected chi connectivity index (χ4v) is 2.45. The van der Waals surface area contributed by atoms with Crippen molar-refractivity contribution in [3.8, 4) is 0 Å². The van der Waals surface area contributed by atoms with E-state index in [2.05, 4.69) is 6.92 Å². The minimum absolute atomic E-state index is 0.0174. The Bertz CT molecular complexity index is 649. The molecular weight excluding hydrogens is 275 g/mol. The molecular formula is C17H16ClFO. The summed E-state index contributed by atoms with van der Waals surface area (Å²) in [7, 11) is 0. The number of aryl methyl sites for hydroxylation is 2. The van der Waals surface area contributed by atoms with Gasteiger partial charge in [-0.1, -0.05) is 43.6 Å². The van der Waals surface area contributed by atoms with E-state index in [4.69, 9.17) is 11.6 Å². The minimum atomic E-state index is -0.656. The van der Waals surface area contributed by atoms with Crippen LogP contribution in [0.2, 0.25) is 5.02 Å². The third kappa shape index (κ3) is 2.75. The molecule has 2 rings (SSSR count). The van der Waals surface area contributed by atoms with E-state index in [-0.39, 0.29) is 16.4 Å². The van der Waals surface area contributed by atoms with Gasteiger partial charge in [0.05, 0.1) is 10.6 Å². The van der Waals surface area contributed by atoms with Gasteiger partial charge in [0, 0.05) is 5.56 Å². The molecule has 3 heteroatoms. The molecule has 0 atom stereocenters. The molecule has 0 radical (unpaired) electrons. The lowest BCUT2D eigenvalue weighted by Crippen LogP contribution is -2.06. The molecule has 0 saturated carbocycles. The Morgan fingerprint density at radius 3 is 2.45 bits per heavy atom. The lowest BCUT2D eigenvalue weighted by atomic mass is 9.96. The number of halogens is 2. The highest BCUT2D eigenvalue weighted by molar-refractivity contribution is 6.31. The van der Waals surface area contributed by atoms with E-state index in [1.807, 2.05) is 19.1 Å². The fourth-order valence-electron chi connectivity index (χ4n) is 2.28. The molecule has 2 aromatic carbocycles. The third-order valence-electron chi connectivity index (χ3n) is 3.43. The third-order valence-corrected chi connectivity index (χ3v) is 3.72. The lowest BCUT2D eigenvalue weighted by Gasteiger charge is -2.09. The zero-order valence-electron chi connectivity index (χ0n) is 11.5. The second-order valence-electron chi connectivity index (χ2n) is 4.62. The largest absolute Gasteiger partial charge is 0.288 e. The Hall–Kier alpha value is -1.67. The van der Waals surface area contributed by atoms with E-state index < -0.39 is 5.82 Å². The van der Waals surface area contributed by atoms with Crippen molar-refractivity contribution >= 4 is 17.4 Å². The van der Waals surface area contributed by atoms with Gasteiger partial charge in [-0.25, -0.2) is 4.39 Å². The zero-order chi connectivity index (χ0) is 14.7. The highest BCUT2D eigenvalue weighted by Gasteiger charge is 2.16. The summed E-state index contributed by atoms with van der Waals surface area (Å²) in [6.45, 7) is 4.12. The highest BCUT2D eigenvalue weighted by atomic mass is 35.5. The van der Waals surface area contributed by atoms with Crippen molar-refractivity contribution in [1.29, 1.82) is 0 Å². The van der Waals surface area contributed by atoms with Gasteiger partial charge in [-0.15, -0.1) is 0 Å². The predicted molar refractivity (Wildman–Crippen MR) is 80.0 cm³/mol. The molecule has 104 valence electrons. The van der Waals surface area contributed by atoms with Crippen LogP contribution in [0.4, 0.5) is 4.39 Å². The first-order chi connectivity index (χ1) is 9.58. The highest BCUT2D eigenvalue weighted by Crippen LogP contribution is 2.22. The molecule has 20 heavy (non-hydrogen) atoms. The molecule has 0 aromatic heterocycles.